The van der Waals surface area contributed by atoms with Crippen LogP contribution in [0.25, 0.3) is 16.7 Å². The van der Waals surface area contributed by atoms with Crippen molar-refractivity contribution in [1.82, 2.24) is 25.1 Å². The molecule has 0 saturated heterocycles. The van der Waals surface area contributed by atoms with Gasteiger partial charge >= 0.3 is 0 Å². The Kier molecular flexibility index (Phi) is 5.11. The number of aryl methyl sites for hydroxylation is 1. The molecule has 1 aliphatic heterocycles. The number of nitrogens with one attached hydrogen (secondary N) is 3. The van der Waals surface area contributed by atoms with Crippen molar-refractivity contribution in [3.8, 4) is 5.69 Å². The van der Waals surface area contributed by atoms with Crippen LogP contribution in [0, 0.1) is 5.41 Å². The lowest BCUT2D eigenvalue weighted by atomic mass is 9.87. The second-order valence-electron chi connectivity index (χ2n) is 8.75. The van der Waals surface area contributed by atoms with Gasteiger partial charge in [0.2, 0.25) is 17.8 Å². The standard InChI is InChI=1S/C22H24BrN7O2/c1-22(20(32)24-2)8-7-13(10-22)26-21-25-11-15-18(23)29-30(19(15)28-21)14-4-5-16-12(9-14)3-6-17(31)27-16/h4-5,9,11,13H,3,6-8,10H2,1-2H3,(H,24,32)(H,27,31)(H,25,26,28)/t13?,22-/m1/s1. The number of carbonyl (C=O) groups excluding carboxylic acids is 2. The quantitative estimate of drug-likeness (QED) is 0.509. The fourth-order valence-electron chi connectivity index (χ4n) is 4.67. The highest BCUT2D eigenvalue weighted by Crippen LogP contribution is 2.39. The summed E-state index contributed by atoms with van der Waals surface area (Å²) in [6.45, 7) is 2.00. The molecule has 2 aromatic heterocycles. The van der Waals surface area contributed by atoms with E-state index in [1.807, 2.05) is 25.1 Å². The molecule has 9 nitrogen and oxygen atoms in total. The van der Waals surface area contributed by atoms with Gasteiger partial charge < -0.3 is 16.0 Å². The van der Waals surface area contributed by atoms with E-state index in [1.165, 1.54) is 0 Å². The molecule has 1 unspecified atom stereocenters. The summed E-state index contributed by atoms with van der Waals surface area (Å²) >= 11 is 3.52. The van der Waals surface area contributed by atoms with Crippen molar-refractivity contribution >= 4 is 50.4 Å². The first-order chi connectivity index (χ1) is 15.4. The molecule has 32 heavy (non-hydrogen) atoms. The summed E-state index contributed by atoms with van der Waals surface area (Å²) in [5, 5.41) is 14.5. The number of hydrogen-bond acceptors (Lipinski definition) is 6. The summed E-state index contributed by atoms with van der Waals surface area (Å²) in [5.41, 5.74) is 3.10. The van der Waals surface area contributed by atoms with E-state index in [2.05, 4.69) is 42.0 Å². The summed E-state index contributed by atoms with van der Waals surface area (Å²) in [6, 6.07) is 5.99. The number of fused-ring (bicyclic) bond motifs is 2. The normalized spacial score (nSPS) is 22.5. The molecule has 1 fully saturated rings. The summed E-state index contributed by atoms with van der Waals surface area (Å²) in [7, 11) is 1.68. The molecule has 1 aromatic carbocycles. The molecule has 166 valence electrons. The molecule has 0 spiro atoms. The minimum absolute atomic E-state index is 0.0421. The van der Waals surface area contributed by atoms with Crippen LogP contribution < -0.4 is 16.0 Å². The third-order valence-electron chi connectivity index (χ3n) is 6.46. The Morgan fingerprint density at radius 1 is 1.34 bits per heavy atom. The number of anilines is 2. The monoisotopic (exact) mass is 497 g/mol. The van der Waals surface area contributed by atoms with E-state index in [1.54, 1.807) is 17.9 Å². The van der Waals surface area contributed by atoms with Gasteiger partial charge in [0, 0.05) is 36.8 Å². The minimum atomic E-state index is -0.375. The lowest BCUT2D eigenvalue weighted by Gasteiger charge is -2.22. The number of amides is 2. The van der Waals surface area contributed by atoms with E-state index in [-0.39, 0.29) is 23.3 Å². The van der Waals surface area contributed by atoms with Crippen molar-refractivity contribution in [1.29, 1.82) is 0 Å². The molecular formula is C22H24BrN7O2. The number of nitrogens with zero attached hydrogens (tertiary/aromatic N) is 4. The van der Waals surface area contributed by atoms with Gasteiger partial charge in [0.1, 0.15) is 4.60 Å². The first-order valence-electron chi connectivity index (χ1n) is 10.7. The first-order valence-corrected chi connectivity index (χ1v) is 11.5. The smallest absolute Gasteiger partial charge is 0.225 e. The van der Waals surface area contributed by atoms with E-state index >= 15 is 0 Å². The van der Waals surface area contributed by atoms with Gasteiger partial charge in [0.05, 0.1) is 11.1 Å². The molecule has 10 heteroatoms. The van der Waals surface area contributed by atoms with Crippen molar-refractivity contribution < 1.29 is 9.59 Å². The summed E-state index contributed by atoms with van der Waals surface area (Å²) in [5.74, 6) is 0.631. The fourth-order valence-corrected chi connectivity index (χ4v) is 5.11. The Balaban J connectivity index is 1.44. The van der Waals surface area contributed by atoms with Crippen molar-refractivity contribution in [2.75, 3.05) is 17.7 Å². The van der Waals surface area contributed by atoms with Gasteiger partial charge in [-0.25, -0.2) is 9.67 Å². The van der Waals surface area contributed by atoms with Crippen LogP contribution in [0.15, 0.2) is 29.0 Å². The van der Waals surface area contributed by atoms with Crippen molar-refractivity contribution in [3.63, 3.8) is 0 Å². The van der Waals surface area contributed by atoms with Crippen LogP contribution in [0.2, 0.25) is 0 Å². The summed E-state index contributed by atoms with van der Waals surface area (Å²) in [6.07, 6.45) is 5.36. The zero-order chi connectivity index (χ0) is 22.5. The van der Waals surface area contributed by atoms with Crippen LogP contribution in [0.4, 0.5) is 11.6 Å². The molecular weight excluding hydrogens is 474 g/mol. The lowest BCUT2D eigenvalue weighted by Crippen LogP contribution is -2.35. The predicted octanol–water partition coefficient (Wildman–Crippen LogP) is 3.18. The molecule has 1 saturated carbocycles. The number of aromatic nitrogens is 4. The van der Waals surface area contributed by atoms with Gasteiger partial charge in [-0.3, -0.25) is 9.59 Å². The van der Waals surface area contributed by atoms with Crippen molar-refractivity contribution in [3.05, 3.63) is 34.6 Å². The molecule has 3 N–H and O–H groups in total. The lowest BCUT2D eigenvalue weighted by molar-refractivity contribution is -0.129. The maximum atomic E-state index is 12.2. The Bertz CT molecular complexity index is 1240. The van der Waals surface area contributed by atoms with Crippen LogP contribution >= 0.6 is 15.9 Å². The van der Waals surface area contributed by atoms with E-state index in [4.69, 9.17) is 4.98 Å². The van der Waals surface area contributed by atoms with Crippen molar-refractivity contribution in [2.24, 2.45) is 5.41 Å². The predicted molar refractivity (Wildman–Crippen MR) is 125 cm³/mol. The van der Waals surface area contributed by atoms with Gasteiger partial charge in [-0.2, -0.15) is 10.1 Å². The number of rotatable bonds is 4. The maximum absolute atomic E-state index is 12.2. The average Bonchev–Trinajstić information content (AvgIpc) is 3.33. The SMILES string of the molecule is CNC(=O)[C@]1(C)CCC(Nc2ncc3c(Br)nn(-c4ccc5c(c4)CCC(=O)N5)c3n2)C1. The number of benzene rings is 1. The second-order valence-corrected chi connectivity index (χ2v) is 9.50. The van der Waals surface area contributed by atoms with Gasteiger partial charge in [0.15, 0.2) is 5.65 Å². The number of halogens is 1. The molecule has 2 aliphatic rings. The van der Waals surface area contributed by atoms with E-state index in [0.29, 0.717) is 29.0 Å². The first kappa shape index (κ1) is 20.9. The Morgan fingerprint density at radius 2 is 2.19 bits per heavy atom. The summed E-state index contributed by atoms with van der Waals surface area (Å²) < 4.78 is 2.45. The van der Waals surface area contributed by atoms with Crippen LogP contribution in [-0.2, 0) is 16.0 Å². The van der Waals surface area contributed by atoms with E-state index in [9.17, 15) is 9.59 Å². The molecule has 5 rings (SSSR count). The van der Waals surface area contributed by atoms with E-state index < -0.39 is 0 Å². The largest absolute Gasteiger partial charge is 0.359 e. The maximum Gasteiger partial charge on any atom is 0.225 e. The fraction of sp³-hybridized carbons (Fsp3) is 0.409. The number of carbonyl (C=O) groups is 2. The number of hydrogen-bond donors (Lipinski definition) is 3. The zero-order valence-corrected chi connectivity index (χ0v) is 19.5. The third kappa shape index (κ3) is 3.62. The van der Waals surface area contributed by atoms with Crippen LogP contribution in [0.5, 0.6) is 0 Å². The minimum Gasteiger partial charge on any atom is -0.359 e. The Hall–Kier alpha value is -3.01. The highest BCUT2D eigenvalue weighted by molar-refractivity contribution is 9.10. The molecule has 2 amide bonds. The van der Waals surface area contributed by atoms with E-state index in [0.717, 1.165) is 41.6 Å². The molecule has 0 bridgehead atoms. The third-order valence-corrected chi connectivity index (χ3v) is 7.04. The van der Waals surface area contributed by atoms with Gasteiger partial charge in [-0.15, -0.1) is 0 Å². The van der Waals surface area contributed by atoms with Gasteiger partial charge in [-0.1, -0.05) is 6.92 Å². The molecule has 3 aromatic rings. The van der Waals surface area contributed by atoms with Crippen molar-refractivity contribution in [2.45, 2.75) is 45.1 Å². The Morgan fingerprint density at radius 3 is 3.00 bits per heavy atom. The molecule has 2 atom stereocenters. The zero-order valence-electron chi connectivity index (χ0n) is 17.9. The highest BCUT2D eigenvalue weighted by atomic mass is 79.9. The topological polar surface area (TPSA) is 114 Å². The highest BCUT2D eigenvalue weighted by Gasteiger charge is 2.41. The second kappa shape index (κ2) is 7.84. The van der Waals surface area contributed by atoms with Crippen LogP contribution in [0.1, 0.15) is 38.2 Å². The molecule has 1 aliphatic carbocycles. The van der Waals surface area contributed by atoms with Crippen LogP contribution in [0.3, 0.4) is 0 Å². The average molecular weight is 498 g/mol. The molecule has 0 radical (unpaired) electrons. The van der Waals surface area contributed by atoms with Gasteiger partial charge in [-0.05, 0) is 65.4 Å². The van der Waals surface area contributed by atoms with Crippen LogP contribution in [-0.4, -0.2) is 44.7 Å². The van der Waals surface area contributed by atoms with Gasteiger partial charge in [0.25, 0.3) is 0 Å². The molecule has 3 heterocycles. The Labute approximate surface area is 193 Å². The summed E-state index contributed by atoms with van der Waals surface area (Å²) in [4.78, 5) is 33.1.